The van der Waals surface area contributed by atoms with Crippen LogP contribution in [0.4, 0.5) is 23.8 Å². The second-order valence-corrected chi connectivity index (χ2v) is 11.0. The molecule has 1 aromatic carbocycles. The summed E-state index contributed by atoms with van der Waals surface area (Å²) in [6, 6.07) is 9.35. The number of nitrogens with one attached hydrogen (secondary N) is 1. The Bertz CT molecular complexity index is 1340. The number of aromatic nitrogens is 2. The summed E-state index contributed by atoms with van der Waals surface area (Å²) in [5.41, 5.74) is 12.3. The van der Waals surface area contributed by atoms with Crippen molar-refractivity contribution in [1.82, 2.24) is 24.3 Å². The zero-order chi connectivity index (χ0) is 31.9. The summed E-state index contributed by atoms with van der Waals surface area (Å²) in [5, 5.41) is 9.81. The number of anilines is 1. The summed E-state index contributed by atoms with van der Waals surface area (Å²) in [7, 11) is 0. The molecule has 236 valence electrons. The average molecular weight is 611 g/mol. The van der Waals surface area contributed by atoms with Crippen molar-refractivity contribution >= 4 is 23.7 Å². The molecule has 2 fully saturated rings. The number of carbonyl (C=O) groups is 3. The Kier molecular flexibility index (Phi) is 10.9. The van der Waals surface area contributed by atoms with Gasteiger partial charge >= 0.3 is 23.9 Å². The number of piperazine rings is 1. The molecule has 16 heteroatoms. The van der Waals surface area contributed by atoms with Crippen LogP contribution in [-0.2, 0) is 16.0 Å². The van der Waals surface area contributed by atoms with Gasteiger partial charge in [0.2, 0.25) is 5.91 Å². The zero-order valence-corrected chi connectivity index (χ0v) is 24.0. The van der Waals surface area contributed by atoms with E-state index in [0.29, 0.717) is 31.9 Å². The van der Waals surface area contributed by atoms with Crippen molar-refractivity contribution in [1.29, 1.82) is 0 Å². The van der Waals surface area contributed by atoms with Crippen molar-refractivity contribution in [2.45, 2.75) is 44.4 Å². The molecular formula is C27H37F3N8O5. The fourth-order valence-electron chi connectivity index (χ4n) is 4.55. The smallest absolute Gasteiger partial charge is 0.475 e. The molecule has 2 aromatic rings. The molecule has 6 N–H and O–H groups in total. The molecule has 2 aliphatic rings. The fraction of sp³-hybridized carbons (Fsp3) is 0.519. The lowest BCUT2D eigenvalue weighted by atomic mass is 10.1. The molecule has 0 aliphatic carbocycles. The Morgan fingerprint density at radius 3 is 2.09 bits per heavy atom. The van der Waals surface area contributed by atoms with Crippen molar-refractivity contribution in [3.63, 3.8) is 0 Å². The van der Waals surface area contributed by atoms with Crippen LogP contribution in [0.3, 0.4) is 0 Å². The summed E-state index contributed by atoms with van der Waals surface area (Å²) in [4.78, 5) is 56.2. The van der Waals surface area contributed by atoms with Gasteiger partial charge in [-0.2, -0.15) is 18.2 Å². The first-order valence-electron chi connectivity index (χ1n) is 13.7. The van der Waals surface area contributed by atoms with Gasteiger partial charge in [-0.3, -0.25) is 14.7 Å². The number of rotatable bonds is 6. The lowest BCUT2D eigenvalue weighted by molar-refractivity contribution is -0.192. The maximum atomic E-state index is 12.6. The maximum absolute atomic E-state index is 12.6. The number of aliphatic carboxylic acids is 1. The topological polar surface area (TPSA) is 180 Å². The van der Waals surface area contributed by atoms with Gasteiger partial charge in [0, 0.05) is 51.5 Å². The molecule has 4 rings (SSSR count). The van der Waals surface area contributed by atoms with Crippen molar-refractivity contribution < 1.29 is 32.7 Å². The first kappa shape index (κ1) is 33.5. The van der Waals surface area contributed by atoms with Gasteiger partial charge in [0.05, 0.1) is 11.2 Å². The number of nitrogens with zero attached hydrogens (tertiary/aromatic N) is 5. The normalized spacial score (nSPS) is 17.7. The van der Waals surface area contributed by atoms with Gasteiger partial charge in [-0.05, 0) is 57.0 Å². The third-order valence-electron chi connectivity index (χ3n) is 6.93. The van der Waals surface area contributed by atoms with E-state index in [2.05, 4.69) is 15.2 Å². The molecule has 43 heavy (non-hydrogen) atoms. The first-order chi connectivity index (χ1) is 20.0. The molecule has 0 spiro atoms. The second kappa shape index (κ2) is 14.0. The third kappa shape index (κ3) is 9.76. The highest BCUT2D eigenvalue weighted by molar-refractivity contribution is 5.89. The zero-order valence-electron chi connectivity index (χ0n) is 24.0. The Balaban J connectivity index is 0.000000646. The average Bonchev–Trinajstić information content (AvgIpc) is 3.36. The number of urea groups is 1. The Morgan fingerprint density at radius 2 is 1.60 bits per heavy atom. The molecule has 2 aliphatic heterocycles. The summed E-state index contributed by atoms with van der Waals surface area (Å²) in [6.07, 6.45) is -1.50. The van der Waals surface area contributed by atoms with Crippen molar-refractivity contribution in [3.05, 3.63) is 52.6 Å². The van der Waals surface area contributed by atoms with Crippen LogP contribution in [0.5, 0.6) is 0 Å². The molecule has 13 nitrogen and oxygen atoms in total. The Labute approximate surface area is 246 Å². The van der Waals surface area contributed by atoms with Crippen LogP contribution in [-0.4, -0.2) is 111 Å². The van der Waals surface area contributed by atoms with Gasteiger partial charge in [-0.25, -0.2) is 14.4 Å². The first-order valence-corrected chi connectivity index (χ1v) is 13.7. The monoisotopic (exact) mass is 610 g/mol. The summed E-state index contributed by atoms with van der Waals surface area (Å²) in [5.74, 6) is -2.71. The van der Waals surface area contributed by atoms with Crippen LogP contribution in [0.2, 0.25) is 0 Å². The number of hydrogen-bond donors (Lipinski definition) is 4. The van der Waals surface area contributed by atoms with Crippen LogP contribution >= 0.6 is 0 Å². The number of likely N-dealkylation sites (tertiary alicyclic amines) is 1. The molecule has 0 unspecified atom stereocenters. The van der Waals surface area contributed by atoms with E-state index in [1.165, 1.54) is 10.1 Å². The second-order valence-electron chi connectivity index (χ2n) is 11.0. The minimum atomic E-state index is -5.08. The standard InChI is InChI=1S/C25H36N8O3.C2HF3O2/c1-25(2,27)22(34)31-13-15-32(16-14-31)23(35)28-21-9-12-33(24(36)29-21)20-5-3-18(4-6-20)7-10-30-11-8-19(26)17-30;3-2(4,5)1(6)7/h3-6,9,12,19H,7-8,10-11,13-17,26-27H2,1-2H3,(H,28,29,35,36);(H,6,7)/t19-;/m0./s1. The number of carboxylic acids is 1. The number of benzene rings is 1. The minimum Gasteiger partial charge on any atom is -0.475 e. The molecule has 0 radical (unpaired) electrons. The highest BCUT2D eigenvalue weighted by atomic mass is 19.4. The maximum Gasteiger partial charge on any atom is 0.490 e. The third-order valence-corrected chi connectivity index (χ3v) is 6.93. The molecule has 3 amide bonds. The van der Waals surface area contributed by atoms with Crippen molar-refractivity contribution in [2.75, 3.05) is 51.1 Å². The lowest BCUT2D eigenvalue weighted by Gasteiger charge is -2.37. The number of carboxylic acid groups (broad SMARTS) is 1. The van der Waals surface area contributed by atoms with Gasteiger partial charge in [-0.15, -0.1) is 0 Å². The van der Waals surface area contributed by atoms with Crippen molar-refractivity contribution in [2.24, 2.45) is 11.5 Å². The molecule has 1 atom stereocenters. The summed E-state index contributed by atoms with van der Waals surface area (Å²) < 4.78 is 33.2. The number of alkyl halides is 3. The van der Waals surface area contributed by atoms with Crippen molar-refractivity contribution in [3.8, 4) is 5.69 Å². The number of nitrogens with two attached hydrogens (primary N) is 2. The van der Waals surface area contributed by atoms with Crippen LogP contribution in [0, 0.1) is 0 Å². The Hall–Kier alpha value is -4.02. The van der Waals surface area contributed by atoms with Crippen LogP contribution in [0.25, 0.3) is 5.69 Å². The molecule has 3 heterocycles. The van der Waals surface area contributed by atoms with Gasteiger partial charge in [0.15, 0.2) is 0 Å². The van der Waals surface area contributed by atoms with Crippen LogP contribution in [0.1, 0.15) is 25.8 Å². The van der Waals surface area contributed by atoms with E-state index in [0.717, 1.165) is 32.5 Å². The predicted octanol–water partition coefficient (Wildman–Crippen LogP) is 0.855. The predicted molar refractivity (Wildman–Crippen MR) is 152 cm³/mol. The summed E-state index contributed by atoms with van der Waals surface area (Å²) >= 11 is 0. The molecule has 0 saturated carbocycles. The highest BCUT2D eigenvalue weighted by Crippen LogP contribution is 2.14. The van der Waals surface area contributed by atoms with Gasteiger partial charge in [0.25, 0.3) is 0 Å². The number of carbonyl (C=O) groups excluding carboxylic acids is 2. The van der Waals surface area contributed by atoms with E-state index < -0.39 is 23.4 Å². The molecular weight excluding hydrogens is 573 g/mol. The highest BCUT2D eigenvalue weighted by Gasteiger charge is 2.38. The quantitative estimate of drug-likeness (QED) is 0.369. The Morgan fingerprint density at radius 1 is 1.02 bits per heavy atom. The largest absolute Gasteiger partial charge is 0.490 e. The van der Waals surface area contributed by atoms with E-state index in [4.69, 9.17) is 21.4 Å². The SMILES string of the molecule is CC(C)(N)C(=O)N1CCN(C(=O)Nc2ccn(-c3ccc(CCN4CC[C@H](N)C4)cc3)c(=O)n2)CC1.O=C(O)C(F)(F)F. The number of amides is 3. The van der Waals surface area contributed by atoms with E-state index in [-0.39, 0.29) is 23.8 Å². The lowest BCUT2D eigenvalue weighted by Crippen LogP contribution is -2.58. The molecule has 1 aromatic heterocycles. The van der Waals surface area contributed by atoms with E-state index in [9.17, 15) is 27.6 Å². The van der Waals surface area contributed by atoms with Gasteiger partial charge in [0.1, 0.15) is 5.82 Å². The van der Waals surface area contributed by atoms with Crippen LogP contribution in [0.15, 0.2) is 41.3 Å². The van der Waals surface area contributed by atoms with E-state index >= 15 is 0 Å². The van der Waals surface area contributed by atoms with E-state index in [1.54, 1.807) is 35.9 Å². The summed E-state index contributed by atoms with van der Waals surface area (Å²) in [6.45, 7) is 7.87. The van der Waals surface area contributed by atoms with E-state index in [1.807, 2.05) is 24.3 Å². The molecule has 2 saturated heterocycles. The number of hydrogen-bond acceptors (Lipinski definition) is 8. The molecule has 0 bridgehead atoms. The number of halogens is 3. The fourth-order valence-corrected chi connectivity index (χ4v) is 4.55. The van der Waals surface area contributed by atoms with Crippen LogP contribution < -0.4 is 22.5 Å². The van der Waals surface area contributed by atoms with Gasteiger partial charge < -0.3 is 31.3 Å². The minimum absolute atomic E-state index is 0.141. The van der Waals surface area contributed by atoms with Gasteiger partial charge in [-0.1, -0.05) is 12.1 Å².